The van der Waals surface area contributed by atoms with Gasteiger partial charge >= 0.3 is 0 Å². The summed E-state index contributed by atoms with van der Waals surface area (Å²) in [5.41, 5.74) is 2.89. The van der Waals surface area contributed by atoms with Gasteiger partial charge in [0.25, 0.3) is 0 Å². The Morgan fingerprint density at radius 1 is 1.27 bits per heavy atom. The molecular weight excluding hydrogens is 348 g/mol. The molecule has 0 radical (unpaired) electrons. The zero-order chi connectivity index (χ0) is 15.5. The van der Waals surface area contributed by atoms with Crippen molar-refractivity contribution in [3.8, 4) is 0 Å². The number of hydrogen-bond donors (Lipinski definition) is 2. The van der Waals surface area contributed by atoms with Gasteiger partial charge in [0.05, 0.1) is 25.0 Å². The summed E-state index contributed by atoms with van der Waals surface area (Å²) in [6.45, 7) is 7.41. The molecule has 0 aliphatic carbocycles. The highest BCUT2D eigenvalue weighted by Crippen LogP contribution is 2.28. The predicted octanol–water partition coefficient (Wildman–Crippen LogP) is 2.88. The number of anilines is 2. The molecule has 2 aromatic heterocycles. The van der Waals surface area contributed by atoms with Crippen LogP contribution in [0.2, 0.25) is 0 Å². The predicted molar refractivity (Wildman–Crippen MR) is 86.1 cm³/mol. The molecule has 0 atom stereocenters. The van der Waals surface area contributed by atoms with Gasteiger partial charge < -0.3 is 15.0 Å². The smallest absolute Gasteiger partial charge is 0.224 e. The zero-order valence-electron chi connectivity index (χ0n) is 11.4. The van der Waals surface area contributed by atoms with E-state index in [1.54, 1.807) is 6.33 Å². The molecule has 8 heteroatoms. The lowest BCUT2D eigenvalue weighted by molar-refractivity contribution is 0.278. The minimum atomic E-state index is 0.0436. The van der Waals surface area contributed by atoms with Crippen molar-refractivity contribution in [2.75, 3.05) is 11.9 Å². The number of aliphatic hydroxyl groups is 1. The molecular formula is C14H11BrN6O. The lowest BCUT2D eigenvalue weighted by Gasteiger charge is -2.07. The number of hydrogen-bond acceptors (Lipinski definition) is 5. The molecule has 110 valence electrons. The molecule has 0 fully saturated rings. The van der Waals surface area contributed by atoms with Gasteiger partial charge in [-0.05, 0) is 28.1 Å². The van der Waals surface area contributed by atoms with Crippen molar-refractivity contribution in [3.63, 3.8) is 0 Å². The number of aliphatic hydroxyl groups excluding tert-OH is 1. The van der Waals surface area contributed by atoms with Crippen LogP contribution >= 0.6 is 15.9 Å². The average Bonchev–Trinajstić information content (AvgIpc) is 2.92. The second kappa shape index (κ2) is 6.09. The molecule has 1 aromatic carbocycles. The highest BCUT2D eigenvalue weighted by molar-refractivity contribution is 9.10. The summed E-state index contributed by atoms with van der Waals surface area (Å²) < 4.78 is 2.70. The van der Waals surface area contributed by atoms with Crippen molar-refractivity contribution in [3.05, 3.63) is 46.7 Å². The summed E-state index contributed by atoms with van der Waals surface area (Å²) in [7, 11) is 0. The standard InChI is InChI=1S/C14H11BrN6O/c1-16-10-6-17-14(18-7-10)20-9-4-11(15)13-12(5-9)21(2-3-22)8-19-13/h4-8,22H,2-3H2,(H,17,18,20). The van der Waals surface area contributed by atoms with E-state index in [1.165, 1.54) is 12.4 Å². The number of fused-ring (bicyclic) bond motifs is 1. The van der Waals surface area contributed by atoms with Crippen LogP contribution < -0.4 is 5.32 Å². The Bertz CT molecular complexity index is 852. The lowest BCUT2D eigenvalue weighted by atomic mass is 10.2. The molecule has 0 unspecified atom stereocenters. The van der Waals surface area contributed by atoms with Gasteiger partial charge in [-0.3, -0.25) is 0 Å². The Kier molecular flexibility index (Phi) is 4.00. The van der Waals surface area contributed by atoms with Crippen LogP contribution in [0.25, 0.3) is 15.9 Å². The first-order valence-electron chi connectivity index (χ1n) is 6.43. The second-order valence-electron chi connectivity index (χ2n) is 4.49. The van der Waals surface area contributed by atoms with Crippen LogP contribution in [-0.4, -0.2) is 31.2 Å². The Morgan fingerprint density at radius 2 is 2.05 bits per heavy atom. The monoisotopic (exact) mass is 358 g/mol. The second-order valence-corrected chi connectivity index (χ2v) is 5.34. The molecule has 7 nitrogen and oxygen atoms in total. The third kappa shape index (κ3) is 2.77. The Labute approximate surface area is 134 Å². The Hall–Kier alpha value is -2.50. The van der Waals surface area contributed by atoms with Gasteiger partial charge in [0.1, 0.15) is 5.52 Å². The molecule has 0 saturated carbocycles. The van der Waals surface area contributed by atoms with Crippen LogP contribution in [-0.2, 0) is 6.54 Å². The molecule has 0 bridgehead atoms. The summed E-state index contributed by atoms with van der Waals surface area (Å²) in [4.78, 5) is 15.7. The number of halogens is 1. The Balaban J connectivity index is 1.96. The van der Waals surface area contributed by atoms with Crippen LogP contribution in [0.15, 0.2) is 35.3 Å². The summed E-state index contributed by atoms with van der Waals surface area (Å²) in [5, 5.41) is 12.2. The summed E-state index contributed by atoms with van der Waals surface area (Å²) in [6, 6.07) is 3.79. The van der Waals surface area contributed by atoms with Crippen LogP contribution in [0.5, 0.6) is 0 Å². The maximum absolute atomic E-state index is 9.10. The van der Waals surface area contributed by atoms with Gasteiger partial charge in [-0.15, -0.1) is 0 Å². The number of nitrogens with zero attached hydrogens (tertiary/aromatic N) is 5. The third-order valence-corrected chi connectivity index (χ3v) is 3.65. The highest BCUT2D eigenvalue weighted by atomic mass is 79.9. The molecule has 2 N–H and O–H groups in total. The highest BCUT2D eigenvalue weighted by Gasteiger charge is 2.09. The molecule has 0 aliphatic heterocycles. The quantitative estimate of drug-likeness (QED) is 0.701. The van der Waals surface area contributed by atoms with Crippen LogP contribution in [0, 0.1) is 6.57 Å². The molecule has 0 saturated heterocycles. The van der Waals surface area contributed by atoms with E-state index in [9.17, 15) is 0 Å². The summed E-state index contributed by atoms with van der Waals surface area (Å²) in [6.07, 6.45) is 4.62. The molecule has 22 heavy (non-hydrogen) atoms. The van der Waals surface area contributed by atoms with E-state index in [4.69, 9.17) is 11.7 Å². The van der Waals surface area contributed by atoms with Gasteiger partial charge in [0, 0.05) is 29.1 Å². The molecule has 0 amide bonds. The van der Waals surface area contributed by atoms with E-state index >= 15 is 0 Å². The topological polar surface area (TPSA) is 80.2 Å². The number of benzene rings is 1. The zero-order valence-corrected chi connectivity index (χ0v) is 12.9. The maximum atomic E-state index is 9.10. The number of aromatic nitrogens is 4. The van der Waals surface area contributed by atoms with Crippen molar-refractivity contribution >= 4 is 44.3 Å². The van der Waals surface area contributed by atoms with Gasteiger partial charge in [-0.2, -0.15) is 0 Å². The molecule has 0 spiro atoms. The van der Waals surface area contributed by atoms with E-state index in [-0.39, 0.29) is 6.61 Å². The first-order chi connectivity index (χ1) is 10.7. The third-order valence-electron chi connectivity index (χ3n) is 3.04. The normalized spacial score (nSPS) is 10.6. The summed E-state index contributed by atoms with van der Waals surface area (Å²) in [5.74, 6) is 0.409. The number of rotatable bonds is 4. The first-order valence-corrected chi connectivity index (χ1v) is 7.22. The fraction of sp³-hybridized carbons (Fsp3) is 0.143. The van der Waals surface area contributed by atoms with Gasteiger partial charge in [-0.1, -0.05) is 0 Å². The number of nitrogens with one attached hydrogen (secondary N) is 1. The number of imidazole rings is 1. The SMILES string of the molecule is [C-]#[N+]c1cnc(Nc2cc(Br)c3ncn(CCO)c3c2)nc1. The van der Waals surface area contributed by atoms with E-state index in [0.717, 1.165) is 21.2 Å². The van der Waals surface area contributed by atoms with E-state index in [2.05, 4.69) is 41.0 Å². The lowest BCUT2D eigenvalue weighted by Crippen LogP contribution is -2.01. The van der Waals surface area contributed by atoms with E-state index in [0.29, 0.717) is 18.2 Å². The van der Waals surface area contributed by atoms with Gasteiger partial charge in [-0.25, -0.2) is 19.8 Å². The minimum Gasteiger partial charge on any atom is -0.395 e. The van der Waals surface area contributed by atoms with Crippen molar-refractivity contribution in [2.24, 2.45) is 0 Å². The molecule has 0 aliphatic rings. The Morgan fingerprint density at radius 3 is 2.73 bits per heavy atom. The molecule has 2 heterocycles. The fourth-order valence-corrected chi connectivity index (χ4v) is 2.60. The van der Waals surface area contributed by atoms with Crippen LogP contribution in [0.4, 0.5) is 17.3 Å². The average molecular weight is 359 g/mol. The minimum absolute atomic E-state index is 0.0436. The molecule has 3 aromatic rings. The largest absolute Gasteiger partial charge is 0.395 e. The fourth-order valence-electron chi connectivity index (χ4n) is 2.05. The van der Waals surface area contributed by atoms with Gasteiger partial charge in [0.15, 0.2) is 0 Å². The van der Waals surface area contributed by atoms with Crippen molar-refractivity contribution in [2.45, 2.75) is 6.54 Å². The van der Waals surface area contributed by atoms with Crippen molar-refractivity contribution in [1.82, 2.24) is 19.5 Å². The van der Waals surface area contributed by atoms with Crippen LogP contribution in [0.1, 0.15) is 0 Å². The van der Waals surface area contributed by atoms with Crippen molar-refractivity contribution in [1.29, 1.82) is 0 Å². The summed E-state index contributed by atoms with van der Waals surface area (Å²) >= 11 is 3.49. The van der Waals surface area contributed by atoms with E-state index in [1.807, 2.05) is 16.7 Å². The first kappa shape index (κ1) is 14.4. The van der Waals surface area contributed by atoms with Crippen molar-refractivity contribution < 1.29 is 5.11 Å². The van der Waals surface area contributed by atoms with E-state index < -0.39 is 0 Å². The molecule has 3 rings (SSSR count). The van der Waals surface area contributed by atoms with Gasteiger partial charge in [0.2, 0.25) is 11.6 Å². The van der Waals surface area contributed by atoms with Crippen LogP contribution in [0.3, 0.4) is 0 Å². The maximum Gasteiger partial charge on any atom is 0.224 e.